The molecule has 0 radical (unpaired) electrons. The Morgan fingerprint density at radius 2 is 1.76 bits per heavy atom. The van der Waals surface area contributed by atoms with Gasteiger partial charge in [-0.3, -0.25) is 4.90 Å². The van der Waals surface area contributed by atoms with Crippen molar-refractivity contribution in [2.24, 2.45) is 11.7 Å². The molecule has 1 rings (SSSR count). The SMILES string of the molecule is COCCN(CCOC)CC1CCCC(N)C1. The average Bonchev–Trinajstić information content (AvgIpc) is 2.32. The van der Waals surface area contributed by atoms with Gasteiger partial charge >= 0.3 is 0 Å². The van der Waals surface area contributed by atoms with Crippen molar-refractivity contribution < 1.29 is 9.47 Å². The molecule has 0 saturated heterocycles. The van der Waals surface area contributed by atoms with Gasteiger partial charge in [0.1, 0.15) is 0 Å². The van der Waals surface area contributed by atoms with Crippen LogP contribution in [0.4, 0.5) is 0 Å². The van der Waals surface area contributed by atoms with Gasteiger partial charge in [0, 0.05) is 39.9 Å². The Labute approximate surface area is 105 Å². The number of hydrogen-bond donors (Lipinski definition) is 1. The standard InChI is InChI=1S/C13H28N2O2/c1-16-8-6-15(7-9-17-2)11-12-4-3-5-13(14)10-12/h12-13H,3-11,14H2,1-2H3. The summed E-state index contributed by atoms with van der Waals surface area (Å²) in [7, 11) is 3.51. The second kappa shape index (κ2) is 8.86. The van der Waals surface area contributed by atoms with Crippen molar-refractivity contribution in [2.75, 3.05) is 47.1 Å². The number of rotatable bonds is 8. The lowest BCUT2D eigenvalue weighted by molar-refractivity contribution is 0.0968. The van der Waals surface area contributed by atoms with Crippen molar-refractivity contribution in [3.8, 4) is 0 Å². The van der Waals surface area contributed by atoms with Crippen LogP contribution in [0.5, 0.6) is 0 Å². The van der Waals surface area contributed by atoms with E-state index >= 15 is 0 Å². The fourth-order valence-electron chi connectivity index (χ4n) is 2.60. The van der Waals surface area contributed by atoms with Gasteiger partial charge in [-0.1, -0.05) is 6.42 Å². The van der Waals surface area contributed by atoms with Gasteiger partial charge in [0.2, 0.25) is 0 Å². The quantitative estimate of drug-likeness (QED) is 0.694. The summed E-state index contributed by atoms with van der Waals surface area (Å²) in [6.45, 7) is 4.71. The maximum absolute atomic E-state index is 6.03. The second-order valence-corrected chi connectivity index (χ2v) is 5.08. The third-order valence-corrected chi connectivity index (χ3v) is 3.56. The first kappa shape index (κ1) is 14.9. The van der Waals surface area contributed by atoms with E-state index in [1.165, 1.54) is 25.7 Å². The number of ether oxygens (including phenoxy) is 2. The number of hydrogen-bond acceptors (Lipinski definition) is 4. The normalized spacial score (nSPS) is 25.4. The zero-order valence-corrected chi connectivity index (χ0v) is 11.4. The summed E-state index contributed by atoms with van der Waals surface area (Å²) in [5, 5.41) is 0. The molecule has 0 spiro atoms. The van der Waals surface area contributed by atoms with Gasteiger partial charge in [0.25, 0.3) is 0 Å². The van der Waals surface area contributed by atoms with E-state index in [9.17, 15) is 0 Å². The van der Waals surface area contributed by atoms with Crippen LogP contribution >= 0.6 is 0 Å². The van der Waals surface area contributed by atoms with E-state index in [0.717, 1.165) is 38.8 Å². The molecule has 0 aromatic rings. The Morgan fingerprint density at radius 1 is 1.12 bits per heavy atom. The van der Waals surface area contributed by atoms with E-state index in [2.05, 4.69) is 4.90 Å². The minimum absolute atomic E-state index is 0.417. The molecule has 2 N–H and O–H groups in total. The molecule has 1 aliphatic rings. The predicted octanol–water partition coefficient (Wildman–Crippen LogP) is 1.10. The molecule has 4 heteroatoms. The largest absolute Gasteiger partial charge is 0.383 e. The highest BCUT2D eigenvalue weighted by molar-refractivity contribution is 4.77. The summed E-state index contributed by atoms with van der Waals surface area (Å²) in [4.78, 5) is 2.44. The molecule has 0 bridgehead atoms. The van der Waals surface area contributed by atoms with Crippen LogP contribution < -0.4 is 5.73 Å². The van der Waals surface area contributed by atoms with Crippen LogP contribution in [-0.2, 0) is 9.47 Å². The van der Waals surface area contributed by atoms with Crippen molar-refractivity contribution >= 4 is 0 Å². The lowest BCUT2D eigenvalue weighted by Gasteiger charge is -2.31. The molecule has 4 nitrogen and oxygen atoms in total. The van der Waals surface area contributed by atoms with Gasteiger partial charge in [-0.2, -0.15) is 0 Å². The third-order valence-electron chi connectivity index (χ3n) is 3.56. The third kappa shape index (κ3) is 6.36. The predicted molar refractivity (Wildman–Crippen MR) is 70.1 cm³/mol. The van der Waals surface area contributed by atoms with Crippen LogP contribution in [0.2, 0.25) is 0 Å². The van der Waals surface area contributed by atoms with Crippen molar-refractivity contribution in [3.05, 3.63) is 0 Å². The minimum atomic E-state index is 0.417. The molecule has 0 aromatic carbocycles. The zero-order valence-electron chi connectivity index (χ0n) is 11.4. The van der Waals surface area contributed by atoms with Crippen molar-refractivity contribution in [1.82, 2.24) is 4.90 Å². The lowest BCUT2D eigenvalue weighted by Crippen LogP contribution is -2.38. The molecule has 2 atom stereocenters. The number of nitrogens with two attached hydrogens (primary N) is 1. The number of methoxy groups -OCH3 is 2. The fourth-order valence-corrected chi connectivity index (χ4v) is 2.60. The Kier molecular flexibility index (Phi) is 7.77. The fraction of sp³-hybridized carbons (Fsp3) is 1.00. The van der Waals surface area contributed by atoms with Gasteiger partial charge in [0.05, 0.1) is 13.2 Å². The van der Waals surface area contributed by atoms with E-state index in [1.54, 1.807) is 14.2 Å². The van der Waals surface area contributed by atoms with E-state index in [0.29, 0.717) is 6.04 Å². The van der Waals surface area contributed by atoms with Gasteiger partial charge in [-0.25, -0.2) is 0 Å². The van der Waals surface area contributed by atoms with E-state index < -0.39 is 0 Å². The summed E-state index contributed by atoms with van der Waals surface area (Å²) in [5.41, 5.74) is 6.03. The van der Waals surface area contributed by atoms with Gasteiger partial charge in [0.15, 0.2) is 0 Å². The van der Waals surface area contributed by atoms with Crippen LogP contribution in [0, 0.1) is 5.92 Å². The van der Waals surface area contributed by atoms with Gasteiger partial charge in [-0.05, 0) is 25.2 Å². The summed E-state index contributed by atoms with van der Waals surface area (Å²) in [5.74, 6) is 0.757. The second-order valence-electron chi connectivity index (χ2n) is 5.08. The first-order valence-electron chi connectivity index (χ1n) is 6.72. The molecule has 0 aliphatic heterocycles. The molecule has 1 saturated carbocycles. The van der Waals surface area contributed by atoms with Crippen LogP contribution in [0.25, 0.3) is 0 Å². The minimum Gasteiger partial charge on any atom is -0.383 e. The highest BCUT2D eigenvalue weighted by atomic mass is 16.5. The Hall–Kier alpha value is -0.160. The van der Waals surface area contributed by atoms with Crippen LogP contribution in [-0.4, -0.2) is 58.0 Å². The molecule has 2 unspecified atom stereocenters. The highest BCUT2D eigenvalue weighted by Crippen LogP contribution is 2.23. The zero-order chi connectivity index (χ0) is 12.5. The molecular formula is C13H28N2O2. The monoisotopic (exact) mass is 244 g/mol. The lowest BCUT2D eigenvalue weighted by atomic mass is 9.86. The van der Waals surface area contributed by atoms with Crippen molar-refractivity contribution in [1.29, 1.82) is 0 Å². The van der Waals surface area contributed by atoms with Crippen LogP contribution in [0.15, 0.2) is 0 Å². The molecule has 0 aromatic heterocycles. The Balaban J connectivity index is 2.29. The number of nitrogens with zero attached hydrogens (tertiary/aromatic N) is 1. The topological polar surface area (TPSA) is 47.7 Å². The van der Waals surface area contributed by atoms with E-state index in [-0.39, 0.29) is 0 Å². The van der Waals surface area contributed by atoms with Crippen LogP contribution in [0.1, 0.15) is 25.7 Å². The van der Waals surface area contributed by atoms with Gasteiger partial charge < -0.3 is 15.2 Å². The molecular weight excluding hydrogens is 216 g/mol. The van der Waals surface area contributed by atoms with E-state index in [4.69, 9.17) is 15.2 Å². The smallest absolute Gasteiger partial charge is 0.0589 e. The maximum Gasteiger partial charge on any atom is 0.0589 e. The first-order valence-corrected chi connectivity index (χ1v) is 6.72. The summed E-state index contributed by atoms with van der Waals surface area (Å²) < 4.78 is 10.3. The summed E-state index contributed by atoms with van der Waals surface area (Å²) >= 11 is 0. The highest BCUT2D eigenvalue weighted by Gasteiger charge is 2.21. The van der Waals surface area contributed by atoms with Crippen molar-refractivity contribution in [2.45, 2.75) is 31.7 Å². The van der Waals surface area contributed by atoms with Gasteiger partial charge in [-0.15, -0.1) is 0 Å². The summed E-state index contributed by atoms with van der Waals surface area (Å²) in [6.07, 6.45) is 4.99. The average molecular weight is 244 g/mol. The molecule has 1 fully saturated rings. The molecule has 17 heavy (non-hydrogen) atoms. The molecule has 102 valence electrons. The molecule has 1 aliphatic carbocycles. The van der Waals surface area contributed by atoms with Crippen molar-refractivity contribution in [3.63, 3.8) is 0 Å². The Bertz CT molecular complexity index is 182. The Morgan fingerprint density at radius 3 is 2.29 bits per heavy atom. The molecule has 0 heterocycles. The first-order chi connectivity index (χ1) is 8.26. The van der Waals surface area contributed by atoms with E-state index in [1.807, 2.05) is 0 Å². The molecule has 0 amide bonds. The maximum atomic E-state index is 6.03. The van der Waals surface area contributed by atoms with Crippen LogP contribution in [0.3, 0.4) is 0 Å². The summed E-state index contributed by atoms with van der Waals surface area (Å²) in [6, 6.07) is 0.417.